The lowest BCUT2D eigenvalue weighted by Gasteiger charge is -2.25. The van der Waals surface area contributed by atoms with E-state index in [1.807, 2.05) is 26.0 Å². The summed E-state index contributed by atoms with van der Waals surface area (Å²) < 4.78 is 11.2. The first-order valence-corrected chi connectivity index (χ1v) is 9.93. The predicted molar refractivity (Wildman–Crippen MR) is 112 cm³/mol. The van der Waals surface area contributed by atoms with Gasteiger partial charge in [-0.05, 0) is 44.2 Å². The van der Waals surface area contributed by atoms with Crippen LogP contribution in [0, 0.1) is 0 Å². The van der Waals surface area contributed by atoms with Crippen LogP contribution in [0.25, 0.3) is 11.5 Å². The molecule has 0 spiro atoms. The summed E-state index contributed by atoms with van der Waals surface area (Å²) in [6, 6.07) is 11.9. The molecule has 6 nitrogen and oxygen atoms in total. The minimum Gasteiger partial charge on any atom is -0.482 e. The number of ether oxygens (including phenoxy) is 1. The lowest BCUT2D eigenvalue weighted by molar-refractivity contribution is -0.136. The van der Waals surface area contributed by atoms with Crippen LogP contribution in [0.2, 0.25) is 15.1 Å². The Kier molecular flexibility index (Phi) is 7.00. The fourth-order valence-corrected chi connectivity index (χ4v) is 3.26. The van der Waals surface area contributed by atoms with E-state index in [1.165, 1.54) is 0 Å². The average Bonchev–Trinajstić information content (AvgIpc) is 3.14. The number of aromatic nitrogens is 2. The summed E-state index contributed by atoms with van der Waals surface area (Å²) in [7, 11) is 0. The van der Waals surface area contributed by atoms with Crippen LogP contribution in [-0.2, 0) is 11.3 Å². The Morgan fingerprint density at radius 3 is 2.55 bits per heavy atom. The second-order valence-corrected chi connectivity index (χ2v) is 7.71. The van der Waals surface area contributed by atoms with Crippen molar-refractivity contribution in [3.05, 3.63) is 63.4 Å². The van der Waals surface area contributed by atoms with Crippen molar-refractivity contribution in [2.24, 2.45) is 0 Å². The lowest BCUT2D eigenvalue weighted by Crippen LogP contribution is -2.39. The number of halogens is 3. The van der Waals surface area contributed by atoms with E-state index in [1.54, 1.807) is 35.2 Å². The molecule has 29 heavy (non-hydrogen) atoms. The average molecular weight is 455 g/mol. The molecule has 0 atom stereocenters. The zero-order chi connectivity index (χ0) is 21.0. The summed E-state index contributed by atoms with van der Waals surface area (Å²) in [5.41, 5.74) is 0.635. The Labute approximate surface area is 183 Å². The molecule has 0 N–H and O–H groups in total. The molecule has 1 amide bonds. The van der Waals surface area contributed by atoms with E-state index in [0.29, 0.717) is 38.2 Å². The molecule has 0 aliphatic carbocycles. The minimum atomic E-state index is -0.247. The van der Waals surface area contributed by atoms with Crippen molar-refractivity contribution < 1.29 is 13.9 Å². The molecule has 152 valence electrons. The van der Waals surface area contributed by atoms with Crippen LogP contribution in [0.4, 0.5) is 0 Å². The van der Waals surface area contributed by atoms with Gasteiger partial charge in [-0.2, -0.15) is 0 Å². The van der Waals surface area contributed by atoms with Gasteiger partial charge in [0.05, 0.1) is 22.2 Å². The molecule has 1 heterocycles. The van der Waals surface area contributed by atoms with Gasteiger partial charge in [0.2, 0.25) is 11.8 Å². The van der Waals surface area contributed by atoms with E-state index < -0.39 is 0 Å². The van der Waals surface area contributed by atoms with Crippen molar-refractivity contribution in [3.8, 4) is 17.2 Å². The highest BCUT2D eigenvalue weighted by Gasteiger charge is 2.22. The van der Waals surface area contributed by atoms with Crippen molar-refractivity contribution in [1.29, 1.82) is 0 Å². The molecular weight excluding hydrogens is 437 g/mol. The molecule has 0 saturated carbocycles. The van der Waals surface area contributed by atoms with Crippen molar-refractivity contribution >= 4 is 40.7 Å². The Balaban J connectivity index is 1.68. The van der Waals surface area contributed by atoms with Gasteiger partial charge in [-0.3, -0.25) is 4.79 Å². The van der Waals surface area contributed by atoms with Crippen LogP contribution in [0.5, 0.6) is 5.75 Å². The first-order valence-electron chi connectivity index (χ1n) is 8.79. The smallest absolute Gasteiger partial charge is 0.261 e. The molecule has 0 fully saturated rings. The van der Waals surface area contributed by atoms with Crippen LogP contribution in [0.3, 0.4) is 0 Å². The maximum absolute atomic E-state index is 12.7. The third-order valence-corrected chi connectivity index (χ3v) is 4.93. The molecule has 3 aromatic rings. The van der Waals surface area contributed by atoms with Crippen LogP contribution in [0.15, 0.2) is 46.9 Å². The molecule has 0 aliphatic heterocycles. The number of benzene rings is 2. The highest BCUT2D eigenvalue weighted by atomic mass is 35.5. The number of hydrogen-bond acceptors (Lipinski definition) is 5. The predicted octanol–water partition coefficient (Wildman–Crippen LogP) is 5.51. The van der Waals surface area contributed by atoms with E-state index in [0.717, 1.165) is 0 Å². The summed E-state index contributed by atoms with van der Waals surface area (Å²) in [6.07, 6.45) is 0. The number of nitrogens with zero attached hydrogens (tertiary/aromatic N) is 3. The van der Waals surface area contributed by atoms with E-state index in [4.69, 9.17) is 44.0 Å². The summed E-state index contributed by atoms with van der Waals surface area (Å²) in [6.45, 7) is 3.73. The molecule has 0 radical (unpaired) electrons. The zero-order valence-corrected chi connectivity index (χ0v) is 18.0. The topological polar surface area (TPSA) is 68.5 Å². The van der Waals surface area contributed by atoms with Gasteiger partial charge >= 0.3 is 0 Å². The van der Waals surface area contributed by atoms with Crippen LogP contribution in [-0.4, -0.2) is 33.7 Å². The summed E-state index contributed by atoms with van der Waals surface area (Å²) >= 11 is 18.1. The molecule has 2 aromatic carbocycles. The van der Waals surface area contributed by atoms with Crippen molar-refractivity contribution in [1.82, 2.24) is 15.1 Å². The second kappa shape index (κ2) is 9.48. The molecule has 9 heteroatoms. The van der Waals surface area contributed by atoms with Crippen LogP contribution >= 0.6 is 34.8 Å². The third-order valence-electron chi connectivity index (χ3n) is 4.07. The maximum Gasteiger partial charge on any atom is 0.261 e. The molecular formula is C20H18Cl3N3O3. The first kappa shape index (κ1) is 21.4. The first-order chi connectivity index (χ1) is 13.8. The van der Waals surface area contributed by atoms with Gasteiger partial charge in [-0.15, -0.1) is 10.2 Å². The minimum absolute atomic E-state index is 0.109. The quantitative estimate of drug-likeness (QED) is 0.470. The molecule has 1 aromatic heterocycles. The molecule has 0 aliphatic rings. The number of carbonyl (C=O) groups excluding carboxylic acids is 1. The molecule has 0 unspecified atom stereocenters. The van der Waals surface area contributed by atoms with Crippen molar-refractivity contribution in [3.63, 3.8) is 0 Å². The third kappa shape index (κ3) is 5.41. The molecule has 0 saturated heterocycles. The van der Waals surface area contributed by atoms with Gasteiger partial charge in [0.1, 0.15) is 5.75 Å². The fraction of sp³-hybridized carbons (Fsp3) is 0.250. The Morgan fingerprint density at radius 2 is 1.86 bits per heavy atom. The largest absolute Gasteiger partial charge is 0.482 e. The normalized spacial score (nSPS) is 11.0. The van der Waals surface area contributed by atoms with Gasteiger partial charge in [-0.25, -0.2) is 0 Å². The van der Waals surface area contributed by atoms with Gasteiger partial charge < -0.3 is 14.1 Å². The van der Waals surface area contributed by atoms with E-state index in [-0.39, 0.29) is 25.1 Å². The molecule has 0 bridgehead atoms. The van der Waals surface area contributed by atoms with Gasteiger partial charge in [0, 0.05) is 11.1 Å². The maximum atomic E-state index is 12.7. The monoisotopic (exact) mass is 453 g/mol. The number of carbonyl (C=O) groups is 1. The van der Waals surface area contributed by atoms with Gasteiger partial charge in [-0.1, -0.05) is 46.9 Å². The molecule has 3 rings (SSSR count). The van der Waals surface area contributed by atoms with Crippen LogP contribution < -0.4 is 4.74 Å². The highest BCUT2D eigenvalue weighted by molar-refractivity contribution is 6.35. The zero-order valence-electron chi connectivity index (χ0n) is 15.7. The Hall–Kier alpha value is -2.28. The Morgan fingerprint density at radius 1 is 1.10 bits per heavy atom. The Bertz CT molecular complexity index is 1010. The fourth-order valence-electron chi connectivity index (χ4n) is 2.58. The number of amides is 1. The van der Waals surface area contributed by atoms with Gasteiger partial charge in [0.15, 0.2) is 6.61 Å². The standard InChI is InChI=1S/C20H18Cl3N3O3/c1-12(2)26(19(27)11-28-17-8-7-13(21)9-16(17)23)10-18-24-25-20(29-18)14-5-3-4-6-15(14)22/h3-9,12H,10-11H2,1-2H3. The van der Waals surface area contributed by atoms with Crippen molar-refractivity contribution in [2.75, 3.05) is 6.61 Å². The second-order valence-electron chi connectivity index (χ2n) is 6.46. The highest BCUT2D eigenvalue weighted by Crippen LogP contribution is 2.28. The number of rotatable bonds is 7. The van der Waals surface area contributed by atoms with E-state index in [9.17, 15) is 4.79 Å². The van der Waals surface area contributed by atoms with E-state index in [2.05, 4.69) is 10.2 Å². The summed E-state index contributed by atoms with van der Waals surface area (Å²) in [5.74, 6) is 0.730. The number of hydrogen-bond donors (Lipinski definition) is 0. The SMILES string of the molecule is CC(C)N(Cc1nnc(-c2ccccc2Cl)o1)C(=O)COc1ccc(Cl)cc1Cl. The lowest BCUT2D eigenvalue weighted by atomic mass is 10.2. The van der Waals surface area contributed by atoms with Crippen LogP contribution in [0.1, 0.15) is 19.7 Å². The van der Waals surface area contributed by atoms with E-state index >= 15 is 0 Å². The summed E-state index contributed by atoms with van der Waals surface area (Å²) in [5, 5.41) is 9.40. The van der Waals surface area contributed by atoms with Crippen molar-refractivity contribution in [2.45, 2.75) is 26.4 Å². The van der Waals surface area contributed by atoms with Gasteiger partial charge in [0.25, 0.3) is 5.91 Å². The summed E-state index contributed by atoms with van der Waals surface area (Å²) in [4.78, 5) is 14.3.